The molecule has 1 saturated carbocycles. The molecule has 0 spiro atoms. The Labute approximate surface area is 128 Å². The van der Waals surface area contributed by atoms with E-state index in [0.717, 1.165) is 17.7 Å². The van der Waals surface area contributed by atoms with Crippen molar-refractivity contribution in [3.05, 3.63) is 16.6 Å². The fourth-order valence-corrected chi connectivity index (χ4v) is 3.67. The molecule has 5 nitrogen and oxygen atoms in total. The van der Waals surface area contributed by atoms with E-state index >= 15 is 0 Å². The molecule has 0 radical (unpaired) electrons. The van der Waals surface area contributed by atoms with Gasteiger partial charge in [-0.3, -0.25) is 14.6 Å². The van der Waals surface area contributed by atoms with Crippen LogP contribution >= 0.6 is 11.3 Å². The summed E-state index contributed by atoms with van der Waals surface area (Å²) in [7, 11) is 0. The summed E-state index contributed by atoms with van der Waals surface area (Å²) in [6.07, 6.45) is 3.81. The Morgan fingerprint density at radius 2 is 2.19 bits per heavy atom. The summed E-state index contributed by atoms with van der Waals surface area (Å²) < 4.78 is 0. The fourth-order valence-electron chi connectivity index (χ4n) is 3.09. The number of amides is 2. The summed E-state index contributed by atoms with van der Waals surface area (Å²) >= 11 is 1.53. The average Bonchev–Trinajstić information content (AvgIpc) is 3.17. The van der Waals surface area contributed by atoms with E-state index in [-0.39, 0.29) is 23.7 Å². The Morgan fingerprint density at radius 3 is 2.71 bits per heavy atom. The van der Waals surface area contributed by atoms with E-state index in [1.165, 1.54) is 11.3 Å². The number of rotatable bonds is 4. The molecule has 2 amide bonds. The van der Waals surface area contributed by atoms with Gasteiger partial charge in [-0.2, -0.15) is 0 Å². The summed E-state index contributed by atoms with van der Waals surface area (Å²) in [5, 5.41) is 2.94. The van der Waals surface area contributed by atoms with Gasteiger partial charge in [-0.05, 0) is 31.6 Å². The summed E-state index contributed by atoms with van der Waals surface area (Å²) in [6.45, 7) is 6.32. The van der Waals surface area contributed by atoms with E-state index in [1.54, 1.807) is 16.6 Å². The Balaban J connectivity index is 1.95. The molecule has 2 heterocycles. The first kappa shape index (κ1) is 14.5. The van der Waals surface area contributed by atoms with Crippen LogP contribution in [0.15, 0.2) is 11.7 Å². The van der Waals surface area contributed by atoms with E-state index < -0.39 is 11.6 Å². The van der Waals surface area contributed by atoms with Crippen molar-refractivity contribution in [3.8, 4) is 0 Å². The van der Waals surface area contributed by atoms with E-state index in [4.69, 9.17) is 0 Å². The lowest BCUT2D eigenvalue weighted by Crippen LogP contribution is -2.71. The SMILES string of the molecule is CC(C)C1NC(=O)C(C)(C2CC2)N(Cc2cncs2)C1=O. The minimum absolute atomic E-state index is 0.00665. The van der Waals surface area contributed by atoms with E-state index in [0.29, 0.717) is 6.54 Å². The van der Waals surface area contributed by atoms with Crippen molar-refractivity contribution in [3.63, 3.8) is 0 Å². The molecule has 1 saturated heterocycles. The van der Waals surface area contributed by atoms with Gasteiger partial charge < -0.3 is 10.2 Å². The predicted octanol–water partition coefficient (Wildman–Crippen LogP) is 1.79. The fraction of sp³-hybridized carbons (Fsp3) is 0.667. The number of nitrogens with zero attached hydrogens (tertiary/aromatic N) is 2. The van der Waals surface area contributed by atoms with Gasteiger partial charge in [0.25, 0.3) is 0 Å². The van der Waals surface area contributed by atoms with E-state index in [1.807, 2.05) is 20.8 Å². The molecule has 0 aromatic carbocycles. The van der Waals surface area contributed by atoms with Gasteiger partial charge in [-0.1, -0.05) is 13.8 Å². The number of aromatic nitrogens is 1. The highest BCUT2D eigenvalue weighted by molar-refractivity contribution is 7.09. The van der Waals surface area contributed by atoms with Gasteiger partial charge in [-0.15, -0.1) is 11.3 Å². The van der Waals surface area contributed by atoms with Crippen LogP contribution in [0.25, 0.3) is 0 Å². The molecule has 2 unspecified atom stereocenters. The van der Waals surface area contributed by atoms with Crippen LogP contribution in [0, 0.1) is 11.8 Å². The molecule has 0 bridgehead atoms. The lowest BCUT2D eigenvalue weighted by molar-refractivity contribution is -0.160. The van der Waals surface area contributed by atoms with Crippen molar-refractivity contribution in [2.45, 2.75) is 51.7 Å². The van der Waals surface area contributed by atoms with Crippen LogP contribution in [0.1, 0.15) is 38.5 Å². The highest BCUT2D eigenvalue weighted by Gasteiger charge is 2.57. The van der Waals surface area contributed by atoms with Crippen molar-refractivity contribution >= 4 is 23.2 Å². The maximum atomic E-state index is 12.9. The second-order valence-electron chi connectivity index (χ2n) is 6.51. The smallest absolute Gasteiger partial charge is 0.246 e. The molecular formula is C15H21N3O2S. The Hall–Kier alpha value is -1.43. The van der Waals surface area contributed by atoms with E-state index in [2.05, 4.69) is 10.3 Å². The minimum atomic E-state index is -0.716. The monoisotopic (exact) mass is 307 g/mol. The second-order valence-corrected chi connectivity index (χ2v) is 7.48. The van der Waals surface area contributed by atoms with Gasteiger partial charge in [0.2, 0.25) is 11.8 Å². The first-order chi connectivity index (χ1) is 9.94. The molecule has 1 aliphatic heterocycles. The highest BCUT2D eigenvalue weighted by Crippen LogP contribution is 2.45. The molecule has 2 fully saturated rings. The van der Waals surface area contributed by atoms with Gasteiger partial charge in [0, 0.05) is 11.1 Å². The lowest BCUT2D eigenvalue weighted by atomic mass is 9.86. The van der Waals surface area contributed by atoms with Gasteiger partial charge in [0.05, 0.1) is 12.1 Å². The quantitative estimate of drug-likeness (QED) is 0.922. The molecule has 3 rings (SSSR count). The Bertz CT molecular complexity index is 553. The molecule has 114 valence electrons. The average molecular weight is 307 g/mol. The normalized spacial score (nSPS) is 29.9. The zero-order valence-electron chi connectivity index (χ0n) is 12.6. The van der Waals surface area contributed by atoms with Gasteiger partial charge in [0.1, 0.15) is 11.6 Å². The topological polar surface area (TPSA) is 62.3 Å². The first-order valence-electron chi connectivity index (χ1n) is 7.44. The van der Waals surface area contributed by atoms with Gasteiger partial charge >= 0.3 is 0 Å². The minimum Gasteiger partial charge on any atom is -0.342 e. The standard InChI is InChI=1S/C15H21N3O2S/c1-9(2)12-13(19)18(7-11-6-16-8-21-11)15(3,10-4-5-10)14(20)17-12/h6,8-10,12H,4-5,7H2,1-3H3,(H,17,20). The van der Waals surface area contributed by atoms with Crippen molar-refractivity contribution in [1.29, 1.82) is 0 Å². The van der Waals surface area contributed by atoms with Crippen LogP contribution in [0.3, 0.4) is 0 Å². The molecular weight excluding hydrogens is 286 g/mol. The zero-order chi connectivity index (χ0) is 15.2. The van der Waals surface area contributed by atoms with Crippen molar-refractivity contribution in [1.82, 2.24) is 15.2 Å². The predicted molar refractivity (Wildman–Crippen MR) is 80.6 cm³/mol. The second kappa shape index (κ2) is 5.09. The van der Waals surface area contributed by atoms with Crippen molar-refractivity contribution < 1.29 is 9.59 Å². The number of nitrogens with one attached hydrogen (secondary N) is 1. The third-order valence-electron chi connectivity index (χ3n) is 4.68. The van der Waals surface area contributed by atoms with Crippen LogP contribution in [0.4, 0.5) is 0 Å². The Kier molecular flexibility index (Phi) is 3.51. The number of piperazine rings is 1. The third-order valence-corrected chi connectivity index (χ3v) is 5.44. The molecule has 2 atom stereocenters. The number of thiazole rings is 1. The van der Waals surface area contributed by atoms with Crippen LogP contribution in [-0.4, -0.2) is 33.3 Å². The van der Waals surface area contributed by atoms with Crippen LogP contribution in [-0.2, 0) is 16.1 Å². The summed E-state index contributed by atoms with van der Waals surface area (Å²) in [5.74, 6) is 0.400. The maximum Gasteiger partial charge on any atom is 0.246 e. The maximum absolute atomic E-state index is 12.9. The van der Waals surface area contributed by atoms with E-state index in [9.17, 15) is 9.59 Å². The Morgan fingerprint density at radius 1 is 1.48 bits per heavy atom. The number of hydrogen-bond acceptors (Lipinski definition) is 4. The first-order valence-corrected chi connectivity index (χ1v) is 8.32. The van der Waals surface area contributed by atoms with Crippen LogP contribution < -0.4 is 5.32 Å². The molecule has 1 aromatic rings. The van der Waals surface area contributed by atoms with Crippen molar-refractivity contribution in [2.24, 2.45) is 11.8 Å². The van der Waals surface area contributed by atoms with Crippen LogP contribution in [0.5, 0.6) is 0 Å². The third kappa shape index (κ3) is 2.35. The number of carbonyl (C=O) groups is 2. The van der Waals surface area contributed by atoms with Crippen molar-refractivity contribution in [2.75, 3.05) is 0 Å². The molecule has 1 N–H and O–H groups in total. The van der Waals surface area contributed by atoms with Gasteiger partial charge in [-0.25, -0.2) is 0 Å². The lowest BCUT2D eigenvalue weighted by Gasteiger charge is -2.47. The molecule has 21 heavy (non-hydrogen) atoms. The molecule has 1 aliphatic carbocycles. The zero-order valence-corrected chi connectivity index (χ0v) is 13.4. The summed E-state index contributed by atoms with van der Waals surface area (Å²) in [5.41, 5.74) is 1.05. The largest absolute Gasteiger partial charge is 0.342 e. The summed E-state index contributed by atoms with van der Waals surface area (Å²) in [6, 6.07) is -0.419. The summed E-state index contributed by atoms with van der Waals surface area (Å²) in [4.78, 5) is 32.4. The van der Waals surface area contributed by atoms with Gasteiger partial charge in [0.15, 0.2) is 0 Å². The molecule has 2 aliphatic rings. The molecule has 1 aromatic heterocycles. The molecule has 6 heteroatoms. The van der Waals surface area contributed by atoms with Crippen LogP contribution in [0.2, 0.25) is 0 Å². The highest BCUT2D eigenvalue weighted by atomic mass is 32.1. The number of carbonyl (C=O) groups excluding carboxylic acids is 2. The number of hydrogen-bond donors (Lipinski definition) is 1.